The summed E-state index contributed by atoms with van der Waals surface area (Å²) in [4.78, 5) is 27.4. The number of methoxy groups -OCH3 is 1. The van der Waals surface area contributed by atoms with Crippen LogP contribution in [-0.2, 0) is 17.8 Å². The molecule has 1 saturated heterocycles. The standard InChI is InChI=1S/C27H31N3O5/c1-33-27(32)22-17-26(31)30(23-5-3-2-4-21(22)23)13-12-29-10-8-20(9-11-29)28-18-19-6-7-24-25(16-19)35-15-14-34-24/h2-7,16-17,20,28H,8-15,18H2,1H3. The van der Waals surface area contributed by atoms with Gasteiger partial charge in [0.05, 0.1) is 18.2 Å². The summed E-state index contributed by atoms with van der Waals surface area (Å²) in [5.74, 6) is 1.16. The minimum atomic E-state index is -0.490. The van der Waals surface area contributed by atoms with Crippen LogP contribution < -0.4 is 20.3 Å². The number of carbonyl (C=O) groups excluding carboxylic acids is 1. The van der Waals surface area contributed by atoms with E-state index < -0.39 is 5.97 Å². The molecule has 8 nitrogen and oxygen atoms in total. The lowest BCUT2D eigenvalue weighted by molar-refractivity contribution is 0.0602. The van der Waals surface area contributed by atoms with Gasteiger partial charge >= 0.3 is 5.97 Å². The van der Waals surface area contributed by atoms with Crippen LogP contribution in [0.2, 0.25) is 0 Å². The number of benzene rings is 2. The van der Waals surface area contributed by atoms with E-state index in [2.05, 4.69) is 22.3 Å². The van der Waals surface area contributed by atoms with E-state index in [1.807, 2.05) is 30.3 Å². The Hall–Kier alpha value is -3.36. The van der Waals surface area contributed by atoms with Crippen molar-refractivity contribution in [3.63, 3.8) is 0 Å². The van der Waals surface area contributed by atoms with Crippen molar-refractivity contribution in [2.75, 3.05) is 40.0 Å². The van der Waals surface area contributed by atoms with Crippen molar-refractivity contribution in [1.29, 1.82) is 0 Å². The number of aromatic nitrogens is 1. The fourth-order valence-corrected chi connectivity index (χ4v) is 4.91. The van der Waals surface area contributed by atoms with Crippen molar-refractivity contribution in [1.82, 2.24) is 14.8 Å². The summed E-state index contributed by atoms with van der Waals surface area (Å²) in [6.45, 7) is 5.33. The number of piperidine rings is 1. The van der Waals surface area contributed by atoms with Crippen molar-refractivity contribution >= 4 is 16.9 Å². The number of rotatable bonds is 7. The van der Waals surface area contributed by atoms with Crippen LogP contribution in [0.4, 0.5) is 0 Å². The lowest BCUT2D eigenvalue weighted by Crippen LogP contribution is -2.43. The van der Waals surface area contributed by atoms with Gasteiger partial charge in [-0.3, -0.25) is 4.79 Å². The molecule has 2 aliphatic rings. The minimum Gasteiger partial charge on any atom is -0.486 e. The zero-order chi connectivity index (χ0) is 24.2. The number of para-hydroxylation sites is 1. The first kappa shape index (κ1) is 23.4. The summed E-state index contributed by atoms with van der Waals surface area (Å²) in [5, 5.41) is 4.41. The van der Waals surface area contributed by atoms with Crippen molar-refractivity contribution in [3.8, 4) is 11.5 Å². The number of likely N-dealkylation sites (tertiary alicyclic amines) is 1. The maximum atomic E-state index is 12.8. The summed E-state index contributed by atoms with van der Waals surface area (Å²) >= 11 is 0. The molecule has 184 valence electrons. The van der Waals surface area contributed by atoms with Crippen LogP contribution in [0, 0.1) is 0 Å². The zero-order valence-electron chi connectivity index (χ0n) is 20.0. The summed E-state index contributed by atoms with van der Waals surface area (Å²) in [6.07, 6.45) is 2.11. The van der Waals surface area contributed by atoms with E-state index in [4.69, 9.17) is 14.2 Å². The molecule has 0 radical (unpaired) electrons. The molecule has 2 aliphatic heterocycles. The Balaban J connectivity index is 1.16. The molecule has 2 aromatic carbocycles. The van der Waals surface area contributed by atoms with E-state index in [9.17, 15) is 9.59 Å². The zero-order valence-corrected chi connectivity index (χ0v) is 20.0. The Labute approximate surface area is 204 Å². The van der Waals surface area contributed by atoms with Gasteiger partial charge in [-0.25, -0.2) is 4.79 Å². The second-order valence-corrected chi connectivity index (χ2v) is 9.03. The topological polar surface area (TPSA) is 82.0 Å². The van der Waals surface area contributed by atoms with E-state index in [1.165, 1.54) is 18.7 Å². The number of pyridine rings is 1. The van der Waals surface area contributed by atoms with E-state index in [-0.39, 0.29) is 5.56 Å². The maximum Gasteiger partial charge on any atom is 0.338 e. The van der Waals surface area contributed by atoms with Crippen LogP contribution in [0.25, 0.3) is 10.9 Å². The Bertz CT molecular complexity index is 1260. The molecule has 3 aromatic rings. The molecule has 0 aliphatic carbocycles. The van der Waals surface area contributed by atoms with Gasteiger partial charge in [0.25, 0.3) is 5.56 Å². The van der Waals surface area contributed by atoms with E-state index in [1.54, 1.807) is 4.57 Å². The molecule has 0 bridgehead atoms. The number of hydrogen-bond acceptors (Lipinski definition) is 7. The second-order valence-electron chi connectivity index (χ2n) is 9.03. The van der Waals surface area contributed by atoms with E-state index in [0.29, 0.717) is 31.4 Å². The SMILES string of the molecule is COC(=O)c1cc(=O)n(CCN2CCC(NCc3ccc4c(c3)OCCO4)CC2)c2ccccc12. The number of fused-ring (bicyclic) bond motifs is 2. The van der Waals surface area contributed by atoms with Gasteiger partial charge in [-0.15, -0.1) is 0 Å². The molecule has 8 heteroatoms. The average molecular weight is 478 g/mol. The summed E-state index contributed by atoms with van der Waals surface area (Å²) < 4.78 is 17.9. The molecule has 1 N–H and O–H groups in total. The maximum absolute atomic E-state index is 12.8. The third kappa shape index (κ3) is 5.18. The molecular formula is C27H31N3O5. The molecule has 35 heavy (non-hydrogen) atoms. The molecule has 0 spiro atoms. The Kier molecular flexibility index (Phi) is 7.01. The summed E-state index contributed by atoms with van der Waals surface area (Å²) in [5.41, 5.74) is 2.09. The number of nitrogens with one attached hydrogen (secondary N) is 1. The molecule has 1 aromatic heterocycles. The Morgan fingerprint density at radius 3 is 2.60 bits per heavy atom. The second kappa shape index (κ2) is 10.5. The molecule has 5 rings (SSSR count). The number of hydrogen-bond donors (Lipinski definition) is 1. The van der Waals surface area contributed by atoms with Gasteiger partial charge in [0.2, 0.25) is 0 Å². The molecular weight excluding hydrogens is 446 g/mol. The number of nitrogens with zero attached hydrogens (tertiary/aromatic N) is 2. The molecule has 0 amide bonds. The van der Waals surface area contributed by atoms with Crippen LogP contribution in [0.1, 0.15) is 28.8 Å². The van der Waals surface area contributed by atoms with Crippen LogP contribution >= 0.6 is 0 Å². The largest absolute Gasteiger partial charge is 0.486 e. The summed E-state index contributed by atoms with van der Waals surface area (Å²) in [7, 11) is 1.33. The third-order valence-electron chi connectivity index (χ3n) is 6.85. The van der Waals surface area contributed by atoms with Crippen LogP contribution in [0.15, 0.2) is 53.3 Å². The molecule has 0 saturated carbocycles. The predicted octanol–water partition coefficient (Wildman–Crippen LogP) is 2.81. The highest BCUT2D eigenvalue weighted by Crippen LogP contribution is 2.30. The molecule has 1 fully saturated rings. The lowest BCUT2D eigenvalue weighted by Gasteiger charge is -2.32. The first-order chi connectivity index (χ1) is 17.1. The van der Waals surface area contributed by atoms with Gasteiger partial charge in [0, 0.05) is 37.1 Å². The Morgan fingerprint density at radius 2 is 1.80 bits per heavy atom. The average Bonchev–Trinajstić information content (AvgIpc) is 2.91. The summed E-state index contributed by atoms with van der Waals surface area (Å²) in [6, 6.07) is 15.5. The number of esters is 1. The molecule has 0 unspecified atom stereocenters. The fraction of sp³-hybridized carbons (Fsp3) is 0.407. The normalized spacial score (nSPS) is 16.4. The first-order valence-corrected chi connectivity index (χ1v) is 12.2. The molecule has 0 atom stereocenters. The van der Waals surface area contributed by atoms with Gasteiger partial charge in [0.1, 0.15) is 13.2 Å². The number of ether oxygens (including phenoxy) is 3. The Morgan fingerprint density at radius 1 is 1.03 bits per heavy atom. The van der Waals surface area contributed by atoms with Gasteiger partial charge in [0.15, 0.2) is 11.5 Å². The van der Waals surface area contributed by atoms with Crippen molar-refractivity contribution < 1.29 is 19.0 Å². The van der Waals surface area contributed by atoms with Gasteiger partial charge in [-0.2, -0.15) is 0 Å². The van der Waals surface area contributed by atoms with Gasteiger partial charge in [-0.05, 0) is 49.7 Å². The first-order valence-electron chi connectivity index (χ1n) is 12.2. The molecule has 3 heterocycles. The quantitative estimate of drug-likeness (QED) is 0.524. The highest BCUT2D eigenvalue weighted by molar-refractivity contribution is 6.03. The monoisotopic (exact) mass is 477 g/mol. The van der Waals surface area contributed by atoms with Gasteiger partial charge < -0.3 is 29.0 Å². The minimum absolute atomic E-state index is 0.180. The smallest absolute Gasteiger partial charge is 0.338 e. The van der Waals surface area contributed by atoms with Crippen molar-refractivity contribution in [3.05, 3.63) is 70.0 Å². The highest BCUT2D eigenvalue weighted by atomic mass is 16.6. The van der Waals surface area contributed by atoms with Gasteiger partial charge in [-0.1, -0.05) is 24.3 Å². The third-order valence-corrected chi connectivity index (χ3v) is 6.85. The van der Waals surface area contributed by atoms with E-state index in [0.717, 1.165) is 61.4 Å². The van der Waals surface area contributed by atoms with Crippen LogP contribution in [-0.4, -0.2) is 61.4 Å². The lowest BCUT2D eigenvalue weighted by atomic mass is 10.0. The predicted molar refractivity (Wildman–Crippen MR) is 133 cm³/mol. The number of carbonyl (C=O) groups is 1. The highest BCUT2D eigenvalue weighted by Gasteiger charge is 2.20. The van der Waals surface area contributed by atoms with E-state index >= 15 is 0 Å². The fourth-order valence-electron chi connectivity index (χ4n) is 4.91. The van der Waals surface area contributed by atoms with Crippen molar-refractivity contribution in [2.45, 2.75) is 32.0 Å². The van der Waals surface area contributed by atoms with Crippen LogP contribution in [0.3, 0.4) is 0 Å². The van der Waals surface area contributed by atoms with Crippen molar-refractivity contribution in [2.24, 2.45) is 0 Å². The van der Waals surface area contributed by atoms with Crippen LogP contribution in [0.5, 0.6) is 11.5 Å².